The highest BCUT2D eigenvalue weighted by molar-refractivity contribution is 7.99. The summed E-state index contributed by atoms with van der Waals surface area (Å²) < 4.78 is 26.0. The van der Waals surface area contributed by atoms with Crippen molar-refractivity contribution >= 4 is 23.7 Å². The molecule has 10 atom stereocenters. The molecule has 6 aliphatic rings. The second kappa shape index (κ2) is 19.6. The minimum Gasteiger partial charge on any atom is -0.465 e. The van der Waals surface area contributed by atoms with Crippen molar-refractivity contribution in [1.29, 1.82) is 0 Å². The van der Waals surface area contributed by atoms with Crippen LogP contribution in [0.5, 0.6) is 0 Å². The lowest BCUT2D eigenvalue weighted by Crippen LogP contribution is -2.60. The van der Waals surface area contributed by atoms with Gasteiger partial charge in [0, 0.05) is 36.7 Å². The number of halogens is 1. The number of carbonyl (C=O) groups excluding carboxylic acids is 2. The number of ether oxygens (including phenoxy) is 2. The first kappa shape index (κ1) is 47.5. The molecule has 5 aliphatic carbocycles. The minimum absolute atomic E-state index is 0.00128. The summed E-state index contributed by atoms with van der Waals surface area (Å²) in [5.74, 6) is 4.41. The summed E-state index contributed by atoms with van der Waals surface area (Å²) in [5.41, 5.74) is 4.60. The van der Waals surface area contributed by atoms with Crippen LogP contribution in [0.3, 0.4) is 0 Å². The van der Waals surface area contributed by atoms with E-state index in [1.807, 2.05) is 49.0 Å². The molecule has 4 fully saturated rings. The zero-order valence-electron chi connectivity index (χ0n) is 39.6. The quantitative estimate of drug-likeness (QED) is 0.131. The molecule has 2 unspecified atom stereocenters. The molecule has 1 heterocycles. The molecule has 0 bridgehead atoms. The zero-order valence-corrected chi connectivity index (χ0v) is 40.5. The van der Waals surface area contributed by atoms with Crippen LogP contribution in [0, 0.1) is 51.2 Å². The van der Waals surface area contributed by atoms with Gasteiger partial charge in [-0.15, -0.1) is 0 Å². The van der Waals surface area contributed by atoms with E-state index in [1.54, 1.807) is 0 Å². The smallest absolute Gasteiger partial charge is 0.324 e. The van der Waals surface area contributed by atoms with E-state index in [-0.39, 0.29) is 35.0 Å². The first-order chi connectivity index (χ1) is 29.7. The number of nitrogens with one attached hydrogen (secondary N) is 1. The normalized spacial score (nSPS) is 37.0. The topological polar surface area (TPSA) is 67.9 Å². The van der Waals surface area contributed by atoms with Crippen LogP contribution >= 0.6 is 11.8 Å². The fraction of sp³-hybridized carbons (Fsp3) is 0.741. The lowest BCUT2D eigenvalue weighted by molar-refractivity contribution is -0.159. The summed E-state index contributed by atoms with van der Waals surface area (Å²) in [6.45, 7) is 24.2. The van der Waals surface area contributed by atoms with Crippen molar-refractivity contribution in [2.45, 2.75) is 157 Å². The van der Waals surface area contributed by atoms with Gasteiger partial charge < -0.3 is 14.8 Å². The fourth-order valence-corrected chi connectivity index (χ4v) is 15.5. The third-order valence-corrected chi connectivity index (χ3v) is 19.4. The van der Waals surface area contributed by atoms with E-state index >= 15 is 0 Å². The van der Waals surface area contributed by atoms with Gasteiger partial charge >= 0.3 is 11.9 Å². The Balaban J connectivity index is 1.06. The highest BCUT2D eigenvalue weighted by Crippen LogP contribution is 2.65. The zero-order chi connectivity index (χ0) is 44.3. The van der Waals surface area contributed by atoms with E-state index in [0.29, 0.717) is 60.9 Å². The van der Waals surface area contributed by atoms with Crippen molar-refractivity contribution in [3.8, 4) is 0 Å². The van der Waals surface area contributed by atoms with Crippen molar-refractivity contribution in [3.63, 3.8) is 0 Å². The van der Waals surface area contributed by atoms with E-state index in [4.69, 9.17) is 9.47 Å². The maximum absolute atomic E-state index is 14.8. The molecule has 1 aromatic carbocycles. The van der Waals surface area contributed by atoms with Crippen LogP contribution in [-0.2, 0) is 25.7 Å². The molecule has 6 nitrogen and oxygen atoms in total. The van der Waals surface area contributed by atoms with Crippen LogP contribution < -0.4 is 5.32 Å². The van der Waals surface area contributed by atoms with Gasteiger partial charge in [-0.1, -0.05) is 102 Å². The molecule has 1 aliphatic heterocycles. The van der Waals surface area contributed by atoms with Gasteiger partial charge in [-0.25, -0.2) is 4.39 Å². The number of carbonyl (C=O) groups is 2. The Morgan fingerprint density at radius 1 is 0.968 bits per heavy atom. The van der Waals surface area contributed by atoms with E-state index in [9.17, 15) is 14.0 Å². The number of benzene rings is 1. The number of alkyl halides is 1. The summed E-state index contributed by atoms with van der Waals surface area (Å²) in [6, 6.07) is 9.54. The van der Waals surface area contributed by atoms with Gasteiger partial charge in [-0.05, 0) is 153 Å². The van der Waals surface area contributed by atoms with Gasteiger partial charge in [0.1, 0.15) is 19.3 Å². The summed E-state index contributed by atoms with van der Waals surface area (Å²) >= 11 is 1.87. The Bertz CT molecular complexity index is 1810. The molecule has 1 saturated heterocycles. The predicted molar refractivity (Wildman–Crippen MR) is 253 cm³/mol. The standard InChI is InChI=1S/C54H81FN2O4S/c1-9-51(7)29-30-54(56-31-32-57-33-34-62-36-45(57)48(58)60-10-2)28-23-42(38(3)4)47(54)44(51)20-19-41-17-14-18-46-50(5,6)43(24-25-52(41,46)8)40-21-26-53(37-55,27-22-40)49(59)61-35-39-15-12-11-13-16-39/h11-13,15-16,21,24,41-42,44-47,56H,3,9-10,14,17-20,22-23,25-37H2,1-2,4-8H3/t41?,42-,44+,45?,46-,47+,51+,52+,53+,54-/m0/s1. The van der Waals surface area contributed by atoms with Gasteiger partial charge in [-0.3, -0.25) is 14.5 Å². The second-order valence-electron chi connectivity index (χ2n) is 21.8. The number of hydrogen-bond donors (Lipinski definition) is 1. The third kappa shape index (κ3) is 9.20. The minimum atomic E-state index is -1.09. The molecule has 1 N–H and O–H groups in total. The van der Waals surface area contributed by atoms with Gasteiger partial charge in [0.25, 0.3) is 0 Å². The van der Waals surface area contributed by atoms with Crippen molar-refractivity contribution in [2.75, 3.05) is 44.4 Å². The van der Waals surface area contributed by atoms with Crippen molar-refractivity contribution in [2.24, 2.45) is 51.2 Å². The van der Waals surface area contributed by atoms with Crippen molar-refractivity contribution in [3.05, 3.63) is 71.3 Å². The van der Waals surface area contributed by atoms with E-state index < -0.39 is 18.1 Å². The molecule has 8 heteroatoms. The Morgan fingerprint density at radius 2 is 1.76 bits per heavy atom. The molecular weight excluding hydrogens is 792 g/mol. The van der Waals surface area contributed by atoms with Crippen molar-refractivity contribution in [1.82, 2.24) is 10.2 Å². The molecule has 0 spiro atoms. The lowest BCUT2D eigenvalue weighted by Gasteiger charge is -2.59. The van der Waals surface area contributed by atoms with Gasteiger partial charge in [0.05, 0.1) is 12.0 Å². The number of esters is 2. The highest BCUT2D eigenvalue weighted by atomic mass is 32.2. The first-order valence-corrected chi connectivity index (χ1v) is 25.9. The number of fused-ring (bicyclic) bond motifs is 2. The Labute approximate surface area is 379 Å². The lowest BCUT2D eigenvalue weighted by atomic mass is 9.46. The van der Waals surface area contributed by atoms with Crippen LogP contribution in [0.4, 0.5) is 4.39 Å². The number of allylic oxidation sites excluding steroid dienone is 5. The molecule has 3 saturated carbocycles. The maximum Gasteiger partial charge on any atom is 0.324 e. The van der Waals surface area contributed by atoms with E-state index in [2.05, 4.69) is 70.5 Å². The van der Waals surface area contributed by atoms with Crippen LogP contribution in [-0.4, -0.2) is 72.8 Å². The third-order valence-electron chi connectivity index (χ3n) is 18.3. The van der Waals surface area contributed by atoms with Crippen LogP contribution in [0.2, 0.25) is 0 Å². The molecule has 0 amide bonds. The SMILES string of the molecule is C=C(C)[C@@H]1CC[C@]2(NCCN3CCSCC3C(=O)OCC)CC[C@@](C)(CC)[C@H](CCC3CCC[C@H]4C(C)(C)C(C5=CC[C@@](CF)(C(=O)OCc6ccccc6)CC5)=CC[C@]34C)[C@@H]12. The molecule has 1 aromatic rings. The summed E-state index contributed by atoms with van der Waals surface area (Å²) in [7, 11) is 0. The molecule has 0 radical (unpaired) electrons. The Morgan fingerprint density at radius 3 is 2.45 bits per heavy atom. The summed E-state index contributed by atoms with van der Waals surface area (Å²) in [6.07, 6.45) is 20.0. The fourth-order valence-electron chi connectivity index (χ4n) is 14.4. The average molecular weight is 873 g/mol. The van der Waals surface area contributed by atoms with Gasteiger partial charge in [0.15, 0.2) is 0 Å². The molecular formula is C54H81FN2O4S. The van der Waals surface area contributed by atoms with Gasteiger partial charge in [0.2, 0.25) is 0 Å². The number of hydrogen-bond acceptors (Lipinski definition) is 7. The molecule has 0 aromatic heterocycles. The summed E-state index contributed by atoms with van der Waals surface area (Å²) in [4.78, 5) is 28.7. The number of rotatable bonds is 16. The summed E-state index contributed by atoms with van der Waals surface area (Å²) in [5, 5.41) is 4.28. The largest absolute Gasteiger partial charge is 0.465 e. The van der Waals surface area contributed by atoms with Crippen LogP contribution in [0.1, 0.15) is 144 Å². The maximum atomic E-state index is 14.8. The highest BCUT2D eigenvalue weighted by Gasteiger charge is 2.59. The molecule has 344 valence electrons. The average Bonchev–Trinajstić information content (AvgIpc) is 3.66. The Hall–Kier alpha value is -2.42. The molecule has 7 rings (SSSR count). The van der Waals surface area contributed by atoms with Gasteiger partial charge in [-0.2, -0.15) is 11.8 Å². The van der Waals surface area contributed by atoms with Crippen LogP contribution in [0.15, 0.2) is 65.8 Å². The molecule has 62 heavy (non-hydrogen) atoms. The van der Waals surface area contributed by atoms with Crippen molar-refractivity contribution < 1.29 is 23.5 Å². The monoisotopic (exact) mass is 873 g/mol. The Kier molecular flexibility index (Phi) is 15.0. The number of thioether (sulfide) groups is 1. The second-order valence-corrected chi connectivity index (χ2v) is 23.0. The van der Waals surface area contributed by atoms with Crippen LogP contribution in [0.25, 0.3) is 0 Å². The van der Waals surface area contributed by atoms with E-state index in [0.717, 1.165) is 43.1 Å². The number of nitrogens with zero attached hydrogens (tertiary/aromatic N) is 1. The predicted octanol–water partition coefficient (Wildman–Crippen LogP) is 12.1. The first-order valence-electron chi connectivity index (χ1n) is 24.7. The van der Waals surface area contributed by atoms with E-state index in [1.165, 1.54) is 80.9 Å².